The molecular weight excluding hydrogens is 335 g/mol. The second-order valence-corrected chi connectivity index (χ2v) is 5.87. The van der Waals surface area contributed by atoms with Crippen molar-refractivity contribution < 1.29 is 9.13 Å². The van der Waals surface area contributed by atoms with E-state index in [9.17, 15) is 4.39 Å². The van der Waals surface area contributed by atoms with Gasteiger partial charge in [0, 0.05) is 23.7 Å². The maximum atomic E-state index is 13.5. The topological polar surface area (TPSA) is 48.1 Å². The molecule has 1 aromatic heterocycles. The number of rotatable bonds is 5. The van der Waals surface area contributed by atoms with Crippen LogP contribution in [0.3, 0.4) is 0 Å². The zero-order chi connectivity index (χ0) is 15.4. The molecule has 1 heterocycles. The van der Waals surface area contributed by atoms with Gasteiger partial charge < -0.3 is 10.5 Å². The van der Waals surface area contributed by atoms with Crippen LogP contribution in [-0.2, 0) is 13.0 Å². The molecule has 1 atom stereocenters. The molecule has 0 amide bonds. The van der Waals surface area contributed by atoms with Gasteiger partial charge in [0.05, 0.1) is 10.2 Å². The number of pyridine rings is 1. The van der Waals surface area contributed by atoms with Gasteiger partial charge in [-0.05, 0) is 48.0 Å². The first-order valence-corrected chi connectivity index (χ1v) is 7.54. The van der Waals surface area contributed by atoms with E-state index in [4.69, 9.17) is 10.5 Å². The fourth-order valence-corrected chi connectivity index (χ4v) is 2.37. The summed E-state index contributed by atoms with van der Waals surface area (Å²) in [7, 11) is 0. The zero-order valence-corrected chi connectivity index (χ0v) is 13.7. The SMILES string of the molecule is Cc1ccc(OCc2cccc(F)c2Br)c(CC(C)N)n1. The van der Waals surface area contributed by atoms with Crippen molar-refractivity contribution in [1.29, 1.82) is 0 Å². The molecule has 2 N–H and O–H groups in total. The molecule has 112 valence electrons. The van der Waals surface area contributed by atoms with Crippen LogP contribution in [-0.4, -0.2) is 11.0 Å². The molecule has 21 heavy (non-hydrogen) atoms. The Balaban J connectivity index is 2.18. The molecular formula is C16H18BrFN2O. The van der Waals surface area contributed by atoms with E-state index >= 15 is 0 Å². The van der Waals surface area contributed by atoms with Crippen LogP contribution in [0.1, 0.15) is 23.9 Å². The van der Waals surface area contributed by atoms with Gasteiger partial charge in [-0.1, -0.05) is 12.1 Å². The Kier molecular flexibility index (Phi) is 5.31. The Morgan fingerprint density at radius 2 is 2.10 bits per heavy atom. The third kappa shape index (κ3) is 4.25. The molecule has 0 aliphatic rings. The number of hydrogen-bond acceptors (Lipinski definition) is 3. The van der Waals surface area contributed by atoms with Gasteiger partial charge in [0.1, 0.15) is 18.2 Å². The van der Waals surface area contributed by atoms with E-state index in [1.165, 1.54) is 6.07 Å². The van der Waals surface area contributed by atoms with Crippen molar-refractivity contribution in [1.82, 2.24) is 4.98 Å². The molecule has 0 bridgehead atoms. The van der Waals surface area contributed by atoms with E-state index in [2.05, 4.69) is 20.9 Å². The minimum Gasteiger partial charge on any atom is -0.487 e. The predicted molar refractivity (Wildman–Crippen MR) is 84.8 cm³/mol. The van der Waals surface area contributed by atoms with Crippen molar-refractivity contribution in [3.63, 3.8) is 0 Å². The van der Waals surface area contributed by atoms with Crippen LogP contribution in [0.4, 0.5) is 4.39 Å². The van der Waals surface area contributed by atoms with Gasteiger partial charge in [-0.25, -0.2) is 4.39 Å². The Labute approximate surface area is 132 Å². The first-order chi connectivity index (χ1) is 9.97. The van der Waals surface area contributed by atoms with Crippen molar-refractivity contribution >= 4 is 15.9 Å². The number of aromatic nitrogens is 1. The smallest absolute Gasteiger partial charge is 0.141 e. The van der Waals surface area contributed by atoms with Crippen LogP contribution in [0.25, 0.3) is 0 Å². The fraction of sp³-hybridized carbons (Fsp3) is 0.312. The molecule has 0 spiro atoms. The Hall–Kier alpha value is -1.46. The number of aryl methyl sites for hydroxylation is 1. The van der Waals surface area contributed by atoms with E-state index < -0.39 is 0 Å². The summed E-state index contributed by atoms with van der Waals surface area (Å²) in [5, 5.41) is 0. The number of ether oxygens (including phenoxy) is 1. The first-order valence-electron chi connectivity index (χ1n) is 6.75. The summed E-state index contributed by atoms with van der Waals surface area (Å²) < 4.78 is 19.7. The highest BCUT2D eigenvalue weighted by Crippen LogP contribution is 2.24. The lowest BCUT2D eigenvalue weighted by molar-refractivity contribution is 0.299. The predicted octanol–water partition coefficient (Wildman–Crippen LogP) is 3.76. The average molecular weight is 353 g/mol. The van der Waals surface area contributed by atoms with Crippen LogP contribution in [0.2, 0.25) is 0 Å². The third-order valence-corrected chi connectivity index (χ3v) is 3.89. The molecule has 2 aromatic rings. The quantitative estimate of drug-likeness (QED) is 0.890. The molecule has 1 aromatic carbocycles. The van der Waals surface area contributed by atoms with E-state index in [0.717, 1.165) is 17.0 Å². The van der Waals surface area contributed by atoms with E-state index in [1.807, 2.05) is 32.0 Å². The molecule has 5 heteroatoms. The summed E-state index contributed by atoms with van der Waals surface area (Å²) in [5.41, 5.74) is 8.35. The summed E-state index contributed by atoms with van der Waals surface area (Å²) in [6.45, 7) is 4.13. The Bertz CT molecular complexity index is 632. The molecule has 0 saturated carbocycles. The maximum absolute atomic E-state index is 13.5. The molecule has 1 unspecified atom stereocenters. The van der Waals surface area contributed by atoms with Gasteiger partial charge in [-0.15, -0.1) is 0 Å². The standard InChI is InChI=1S/C16H18BrFN2O/c1-10(19)8-14-15(7-6-11(2)20-14)21-9-12-4-3-5-13(18)16(12)17/h3-7,10H,8-9,19H2,1-2H3. The molecule has 0 radical (unpaired) electrons. The van der Waals surface area contributed by atoms with Crippen molar-refractivity contribution in [3.8, 4) is 5.75 Å². The van der Waals surface area contributed by atoms with Crippen molar-refractivity contribution in [2.75, 3.05) is 0 Å². The third-order valence-electron chi connectivity index (χ3n) is 3.00. The van der Waals surface area contributed by atoms with Crippen LogP contribution in [0.5, 0.6) is 5.75 Å². The summed E-state index contributed by atoms with van der Waals surface area (Å²) in [6, 6.07) is 8.66. The van der Waals surface area contributed by atoms with E-state index in [0.29, 0.717) is 16.6 Å². The normalized spacial score (nSPS) is 12.2. The average Bonchev–Trinajstić information content (AvgIpc) is 2.41. The van der Waals surface area contributed by atoms with Gasteiger partial charge in [0.25, 0.3) is 0 Å². The lowest BCUT2D eigenvalue weighted by Gasteiger charge is -2.14. The van der Waals surface area contributed by atoms with Gasteiger partial charge in [-0.3, -0.25) is 4.98 Å². The molecule has 0 fully saturated rings. The fourth-order valence-electron chi connectivity index (χ4n) is 2.00. The number of hydrogen-bond donors (Lipinski definition) is 1. The van der Waals surface area contributed by atoms with Crippen molar-refractivity contribution in [2.24, 2.45) is 5.73 Å². The van der Waals surface area contributed by atoms with Gasteiger partial charge >= 0.3 is 0 Å². The second kappa shape index (κ2) is 7.00. The largest absolute Gasteiger partial charge is 0.487 e. The van der Waals surface area contributed by atoms with Gasteiger partial charge in [0.2, 0.25) is 0 Å². The molecule has 0 saturated heterocycles. The lowest BCUT2D eigenvalue weighted by atomic mass is 10.1. The van der Waals surface area contributed by atoms with Crippen LogP contribution in [0, 0.1) is 12.7 Å². The number of nitrogens with zero attached hydrogens (tertiary/aromatic N) is 1. The highest BCUT2D eigenvalue weighted by Gasteiger charge is 2.11. The minimum atomic E-state index is -0.297. The maximum Gasteiger partial charge on any atom is 0.141 e. The van der Waals surface area contributed by atoms with E-state index in [1.54, 1.807) is 6.07 Å². The molecule has 0 aliphatic heterocycles. The van der Waals surface area contributed by atoms with E-state index in [-0.39, 0.29) is 18.5 Å². The van der Waals surface area contributed by atoms with Crippen molar-refractivity contribution in [3.05, 3.63) is 57.6 Å². The summed E-state index contributed by atoms with van der Waals surface area (Å²) in [4.78, 5) is 4.47. The summed E-state index contributed by atoms with van der Waals surface area (Å²) in [5.74, 6) is 0.392. The highest BCUT2D eigenvalue weighted by molar-refractivity contribution is 9.10. The number of benzene rings is 1. The molecule has 3 nitrogen and oxygen atoms in total. The molecule has 0 aliphatic carbocycles. The first kappa shape index (κ1) is 15.9. The minimum absolute atomic E-state index is 0.00237. The zero-order valence-electron chi connectivity index (χ0n) is 12.1. The Morgan fingerprint density at radius 1 is 1.33 bits per heavy atom. The van der Waals surface area contributed by atoms with Crippen LogP contribution >= 0.6 is 15.9 Å². The van der Waals surface area contributed by atoms with Crippen LogP contribution in [0.15, 0.2) is 34.8 Å². The number of halogens is 2. The molecule has 2 rings (SSSR count). The van der Waals surface area contributed by atoms with Crippen LogP contribution < -0.4 is 10.5 Å². The summed E-state index contributed by atoms with van der Waals surface area (Å²) >= 11 is 3.23. The van der Waals surface area contributed by atoms with Crippen molar-refractivity contribution in [2.45, 2.75) is 32.9 Å². The highest BCUT2D eigenvalue weighted by atomic mass is 79.9. The van der Waals surface area contributed by atoms with Gasteiger partial charge in [-0.2, -0.15) is 0 Å². The second-order valence-electron chi connectivity index (χ2n) is 5.08. The number of nitrogens with two attached hydrogens (primary N) is 1. The summed E-state index contributed by atoms with van der Waals surface area (Å²) in [6.07, 6.45) is 0.640. The lowest BCUT2D eigenvalue weighted by Crippen LogP contribution is -2.19. The monoisotopic (exact) mass is 352 g/mol. The van der Waals surface area contributed by atoms with Gasteiger partial charge in [0.15, 0.2) is 0 Å². The Morgan fingerprint density at radius 3 is 2.81 bits per heavy atom.